The van der Waals surface area contributed by atoms with Crippen LogP contribution in [0.1, 0.15) is 43.4 Å². The zero-order chi connectivity index (χ0) is 14.7. The Labute approximate surface area is 133 Å². The van der Waals surface area contributed by atoms with Gasteiger partial charge in [-0.2, -0.15) is 11.8 Å². The Morgan fingerprint density at radius 2 is 2.19 bits per heavy atom. The lowest BCUT2D eigenvalue weighted by Gasteiger charge is -2.41. The van der Waals surface area contributed by atoms with Crippen LogP contribution >= 0.6 is 11.8 Å². The molecule has 3 rings (SSSR count). The molecule has 0 aliphatic carbocycles. The van der Waals surface area contributed by atoms with E-state index in [2.05, 4.69) is 55.3 Å². The predicted molar refractivity (Wildman–Crippen MR) is 91.0 cm³/mol. The van der Waals surface area contributed by atoms with Gasteiger partial charge < -0.3 is 10.1 Å². The van der Waals surface area contributed by atoms with Crippen molar-refractivity contribution in [3.05, 3.63) is 35.4 Å². The summed E-state index contributed by atoms with van der Waals surface area (Å²) in [4.78, 5) is 0. The number of rotatable bonds is 4. The van der Waals surface area contributed by atoms with Gasteiger partial charge in [0, 0.05) is 18.4 Å². The lowest BCUT2D eigenvalue weighted by molar-refractivity contribution is -0.0850. The van der Waals surface area contributed by atoms with E-state index in [1.54, 1.807) is 0 Å². The first kappa shape index (κ1) is 15.4. The van der Waals surface area contributed by atoms with Crippen LogP contribution in [0.4, 0.5) is 0 Å². The Kier molecular flexibility index (Phi) is 4.92. The zero-order valence-electron chi connectivity index (χ0n) is 13.2. The van der Waals surface area contributed by atoms with Crippen molar-refractivity contribution in [3.8, 4) is 0 Å². The van der Waals surface area contributed by atoms with Crippen LogP contribution in [-0.2, 0) is 11.2 Å². The summed E-state index contributed by atoms with van der Waals surface area (Å²) in [6, 6.07) is 9.64. The first-order valence-electron chi connectivity index (χ1n) is 8.24. The molecule has 2 heterocycles. The van der Waals surface area contributed by atoms with Gasteiger partial charge in [0.1, 0.15) is 0 Å². The molecule has 21 heavy (non-hydrogen) atoms. The lowest BCUT2D eigenvalue weighted by atomic mass is 9.79. The molecular weight excluding hydrogens is 278 g/mol. The number of ether oxygens (including phenoxy) is 1. The van der Waals surface area contributed by atoms with Crippen molar-refractivity contribution in [1.29, 1.82) is 0 Å². The lowest BCUT2D eigenvalue weighted by Crippen LogP contribution is -2.43. The molecule has 3 heteroatoms. The second-order valence-electron chi connectivity index (χ2n) is 6.45. The Morgan fingerprint density at radius 3 is 2.81 bits per heavy atom. The minimum Gasteiger partial charge on any atom is -0.374 e. The third-order valence-electron chi connectivity index (χ3n) is 5.13. The van der Waals surface area contributed by atoms with Gasteiger partial charge >= 0.3 is 0 Å². The topological polar surface area (TPSA) is 21.3 Å². The number of hydrogen-bond acceptors (Lipinski definition) is 3. The molecule has 2 nitrogen and oxygen atoms in total. The van der Waals surface area contributed by atoms with Crippen LogP contribution in [-0.4, -0.2) is 30.8 Å². The van der Waals surface area contributed by atoms with E-state index >= 15 is 0 Å². The highest BCUT2D eigenvalue weighted by atomic mass is 32.2. The van der Waals surface area contributed by atoms with Gasteiger partial charge in [0.05, 0.1) is 5.60 Å². The van der Waals surface area contributed by atoms with E-state index in [0.29, 0.717) is 12.0 Å². The van der Waals surface area contributed by atoms with Crippen LogP contribution in [0.5, 0.6) is 0 Å². The maximum absolute atomic E-state index is 6.18. The summed E-state index contributed by atoms with van der Waals surface area (Å²) in [6.07, 6.45) is 4.73. The number of thioether (sulfide) groups is 1. The van der Waals surface area contributed by atoms with Crippen molar-refractivity contribution >= 4 is 11.8 Å². The van der Waals surface area contributed by atoms with Gasteiger partial charge in [-0.15, -0.1) is 0 Å². The summed E-state index contributed by atoms with van der Waals surface area (Å²) in [5.41, 5.74) is 3.03. The smallest absolute Gasteiger partial charge is 0.0783 e. The number of benzene rings is 1. The molecule has 3 atom stereocenters. The van der Waals surface area contributed by atoms with E-state index in [4.69, 9.17) is 4.74 Å². The maximum Gasteiger partial charge on any atom is 0.0783 e. The molecule has 0 aromatic heterocycles. The molecule has 1 aromatic rings. The Bertz CT molecular complexity index is 453. The third kappa shape index (κ3) is 3.30. The van der Waals surface area contributed by atoms with Crippen molar-refractivity contribution in [3.63, 3.8) is 0 Å². The van der Waals surface area contributed by atoms with E-state index < -0.39 is 0 Å². The summed E-state index contributed by atoms with van der Waals surface area (Å²) in [5.74, 6) is 3.14. The Hall–Kier alpha value is -0.510. The first-order chi connectivity index (χ1) is 10.3. The molecule has 3 unspecified atom stereocenters. The molecule has 0 radical (unpaired) electrons. The largest absolute Gasteiger partial charge is 0.374 e. The molecule has 0 bridgehead atoms. The minimum atomic E-state index is 0.173. The zero-order valence-corrected chi connectivity index (χ0v) is 14.0. The molecule has 1 spiro atoms. The fraction of sp³-hybridized carbons (Fsp3) is 0.667. The Morgan fingerprint density at radius 1 is 1.38 bits per heavy atom. The number of aryl methyl sites for hydroxylation is 1. The molecule has 2 fully saturated rings. The monoisotopic (exact) mass is 305 g/mol. The molecule has 1 N–H and O–H groups in total. The summed E-state index contributed by atoms with van der Waals surface area (Å²) in [6.45, 7) is 3.14. The minimum absolute atomic E-state index is 0.173. The fourth-order valence-electron chi connectivity index (χ4n) is 3.85. The molecule has 2 saturated heterocycles. The fourth-order valence-corrected chi connectivity index (χ4v) is 5.23. The average Bonchev–Trinajstić information content (AvgIpc) is 2.96. The highest BCUT2D eigenvalue weighted by Gasteiger charge is 2.42. The van der Waals surface area contributed by atoms with Crippen LogP contribution in [0.3, 0.4) is 0 Å². The van der Waals surface area contributed by atoms with Gasteiger partial charge in [0.25, 0.3) is 0 Å². The number of nitrogens with one attached hydrogen (secondary N) is 1. The van der Waals surface area contributed by atoms with Crippen LogP contribution in [0.2, 0.25) is 0 Å². The van der Waals surface area contributed by atoms with Crippen molar-refractivity contribution < 1.29 is 4.74 Å². The van der Waals surface area contributed by atoms with Crippen molar-refractivity contribution in [2.24, 2.45) is 5.92 Å². The van der Waals surface area contributed by atoms with Gasteiger partial charge in [0.2, 0.25) is 0 Å². The van der Waals surface area contributed by atoms with E-state index in [1.807, 2.05) is 0 Å². The molecule has 116 valence electrons. The quantitative estimate of drug-likeness (QED) is 0.914. The van der Waals surface area contributed by atoms with E-state index in [9.17, 15) is 0 Å². The molecule has 0 saturated carbocycles. The highest BCUT2D eigenvalue weighted by molar-refractivity contribution is 7.99. The first-order valence-corrected chi connectivity index (χ1v) is 9.39. The van der Waals surface area contributed by atoms with E-state index in [-0.39, 0.29) is 5.60 Å². The van der Waals surface area contributed by atoms with E-state index in [1.165, 1.54) is 41.9 Å². The van der Waals surface area contributed by atoms with Gasteiger partial charge in [-0.1, -0.05) is 31.2 Å². The maximum atomic E-state index is 6.18. The van der Waals surface area contributed by atoms with Crippen molar-refractivity contribution in [2.75, 3.05) is 25.2 Å². The normalized spacial score (nSPS) is 30.7. The van der Waals surface area contributed by atoms with Crippen LogP contribution in [0.15, 0.2) is 24.3 Å². The van der Waals surface area contributed by atoms with Gasteiger partial charge in [-0.25, -0.2) is 0 Å². The molecule has 2 aliphatic heterocycles. The average molecular weight is 305 g/mol. The molecular formula is C18H27NOS. The summed E-state index contributed by atoms with van der Waals surface area (Å²) >= 11 is 2.06. The van der Waals surface area contributed by atoms with Gasteiger partial charge in [-0.05, 0) is 55.5 Å². The standard InChI is InChI=1S/C18H27NOS/c1-3-14-4-6-15(7-5-14)17(19-2)16-8-10-20-18(12-16)9-11-21-13-18/h4-7,16-17,19H,3,8-13H2,1-2H3. The predicted octanol–water partition coefficient (Wildman–Crippen LogP) is 3.81. The van der Waals surface area contributed by atoms with Gasteiger partial charge in [0.15, 0.2) is 0 Å². The van der Waals surface area contributed by atoms with Crippen LogP contribution in [0.25, 0.3) is 0 Å². The summed E-state index contributed by atoms with van der Waals surface area (Å²) in [7, 11) is 2.10. The second-order valence-corrected chi connectivity index (χ2v) is 7.55. The van der Waals surface area contributed by atoms with E-state index in [0.717, 1.165) is 13.0 Å². The molecule has 2 aliphatic rings. The van der Waals surface area contributed by atoms with Crippen molar-refractivity contribution in [1.82, 2.24) is 5.32 Å². The Balaban J connectivity index is 1.75. The second kappa shape index (κ2) is 6.72. The number of hydrogen-bond donors (Lipinski definition) is 1. The third-order valence-corrected chi connectivity index (χ3v) is 6.35. The molecule has 0 amide bonds. The SMILES string of the molecule is CCc1ccc(C(NC)C2CCOC3(CCSC3)C2)cc1. The summed E-state index contributed by atoms with van der Waals surface area (Å²) < 4.78 is 6.18. The highest BCUT2D eigenvalue weighted by Crippen LogP contribution is 2.43. The van der Waals surface area contributed by atoms with Crippen LogP contribution < -0.4 is 5.32 Å². The molecule has 1 aromatic carbocycles. The van der Waals surface area contributed by atoms with Crippen LogP contribution in [0, 0.1) is 5.92 Å². The summed E-state index contributed by atoms with van der Waals surface area (Å²) in [5, 5.41) is 3.57. The van der Waals surface area contributed by atoms with Crippen molar-refractivity contribution in [2.45, 2.75) is 44.2 Å². The van der Waals surface area contributed by atoms with Gasteiger partial charge in [-0.3, -0.25) is 0 Å².